The molecule has 23 heavy (non-hydrogen) atoms. The summed E-state index contributed by atoms with van der Waals surface area (Å²) in [4.78, 5) is 25.9. The maximum Gasteiger partial charge on any atom is 0.410 e. The van der Waals surface area contributed by atoms with Crippen molar-refractivity contribution in [3.63, 3.8) is 0 Å². The third kappa shape index (κ3) is 8.38. The van der Waals surface area contributed by atoms with E-state index >= 15 is 0 Å². The zero-order chi connectivity index (χ0) is 17.3. The highest BCUT2D eigenvalue weighted by atomic mass is 16.6. The smallest absolute Gasteiger partial charge is 0.410 e. The summed E-state index contributed by atoms with van der Waals surface area (Å²) in [5.41, 5.74) is 0.484. The number of Topliss-reactive ketones (excluding diaryl/α,β-unsaturated/α-hetero) is 1. The summed E-state index contributed by atoms with van der Waals surface area (Å²) >= 11 is 0. The molecule has 0 radical (unpaired) electrons. The number of benzene rings is 1. The van der Waals surface area contributed by atoms with E-state index in [2.05, 4.69) is 6.92 Å². The van der Waals surface area contributed by atoms with Crippen molar-refractivity contribution in [3.8, 4) is 0 Å². The minimum absolute atomic E-state index is 0.202. The zero-order valence-electron chi connectivity index (χ0n) is 14.8. The molecule has 128 valence electrons. The second-order valence-electron chi connectivity index (χ2n) is 6.78. The van der Waals surface area contributed by atoms with Gasteiger partial charge in [0.1, 0.15) is 11.4 Å². The molecule has 1 aromatic rings. The Bertz CT molecular complexity index is 491. The van der Waals surface area contributed by atoms with Crippen LogP contribution in [0.2, 0.25) is 0 Å². The van der Waals surface area contributed by atoms with Crippen LogP contribution in [0.15, 0.2) is 30.3 Å². The van der Waals surface area contributed by atoms with Crippen molar-refractivity contribution in [2.75, 3.05) is 6.54 Å². The van der Waals surface area contributed by atoms with Crippen LogP contribution in [-0.2, 0) is 16.1 Å². The Hall–Kier alpha value is -1.84. The summed E-state index contributed by atoms with van der Waals surface area (Å²) in [6.45, 7) is 8.45. The van der Waals surface area contributed by atoms with Crippen LogP contribution in [0.25, 0.3) is 0 Å². The van der Waals surface area contributed by atoms with Gasteiger partial charge in [-0.25, -0.2) is 4.79 Å². The quantitative estimate of drug-likeness (QED) is 0.705. The van der Waals surface area contributed by atoms with Crippen LogP contribution in [-0.4, -0.2) is 28.9 Å². The van der Waals surface area contributed by atoms with Crippen molar-refractivity contribution in [1.29, 1.82) is 0 Å². The fourth-order valence-corrected chi connectivity index (χ4v) is 2.12. The zero-order valence-corrected chi connectivity index (χ0v) is 14.8. The van der Waals surface area contributed by atoms with E-state index in [-0.39, 0.29) is 11.9 Å². The van der Waals surface area contributed by atoms with Gasteiger partial charge in [-0.3, -0.25) is 4.79 Å². The second kappa shape index (κ2) is 9.33. The number of carbonyl (C=O) groups is 2. The lowest BCUT2D eigenvalue weighted by atomic mass is 10.1. The van der Waals surface area contributed by atoms with Crippen molar-refractivity contribution in [1.82, 2.24) is 4.90 Å². The number of hydrogen-bond donors (Lipinski definition) is 0. The minimum Gasteiger partial charge on any atom is -0.444 e. The van der Waals surface area contributed by atoms with Crippen LogP contribution in [0.4, 0.5) is 4.79 Å². The van der Waals surface area contributed by atoms with E-state index in [4.69, 9.17) is 4.74 Å². The van der Waals surface area contributed by atoms with E-state index in [0.29, 0.717) is 25.9 Å². The first kappa shape index (κ1) is 19.2. The molecule has 0 aliphatic carbocycles. The van der Waals surface area contributed by atoms with Gasteiger partial charge in [0.2, 0.25) is 0 Å². The van der Waals surface area contributed by atoms with Gasteiger partial charge in [0.15, 0.2) is 0 Å². The molecule has 0 atom stereocenters. The summed E-state index contributed by atoms with van der Waals surface area (Å²) < 4.78 is 5.46. The van der Waals surface area contributed by atoms with Crippen LogP contribution in [0.1, 0.15) is 58.9 Å². The Morgan fingerprint density at radius 1 is 1.09 bits per heavy atom. The molecule has 1 amide bonds. The second-order valence-corrected chi connectivity index (χ2v) is 6.78. The Labute approximate surface area is 139 Å². The minimum atomic E-state index is -0.543. The molecular formula is C19H29NO3. The Kier molecular flexibility index (Phi) is 7.79. The Morgan fingerprint density at radius 2 is 1.74 bits per heavy atom. The maximum absolute atomic E-state index is 12.4. The molecule has 0 aliphatic rings. The Morgan fingerprint density at radius 3 is 2.30 bits per heavy atom. The molecule has 4 heteroatoms. The normalized spacial score (nSPS) is 11.1. The van der Waals surface area contributed by atoms with Crippen LogP contribution >= 0.6 is 0 Å². The number of ether oxygens (including phenoxy) is 1. The van der Waals surface area contributed by atoms with E-state index < -0.39 is 5.60 Å². The number of rotatable bonds is 8. The van der Waals surface area contributed by atoms with Crippen molar-refractivity contribution >= 4 is 11.9 Å². The molecule has 0 aliphatic heterocycles. The molecule has 1 aromatic carbocycles. The molecule has 1 rings (SSSR count). The van der Waals surface area contributed by atoms with Gasteiger partial charge in [-0.2, -0.15) is 0 Å². The lowest BCUT2D eigenvalue weighted by Crippen LogP contribution is -2.37. The average Bonchev–Trinajstić information content (AvgIpc) is 2.48. The van der Waals surface area contributed by atoms with Gasteiger partial charge >= 0.3 is 6.09 Å². The van der Waals surface area contributed by atoms with Crippen LogP contribution in [0, 0.1) is 0 Å². The number of unbranched alkanes of at least 4 members (excludes halogenated alkanes) is 1. The predicted molar refractivity (Wildman–Crippen MR) is 92.2 cm³/mol. The average molecular weight is 319 g/mol. The SMILES string of the molecule is CCCCC(=O)CCN(Cc1ccccc1)C(=O)OC(C)(C)C. The fraction of sp³-hybridized carbons (Fsp3) is 0.579. The van der Waals surface area contributed by atoms with Gasteiger partial charge in [-0.05, 0) is 32.8 Å². The summed E-state index contributed by atoms with van der Waals surface area (Å²) in [5, 5.41) is 0. The molecule has 0 fully saturated rings. The molecule has 0 heterocycles. The predicted octanol–water partition coefficient (Wildman–Crippen LogP) is 4.57. The van der Waals surface area contributed by atoms with E-state index in [0.717, 1.165) is 18.4 Å². The number of nitrogens with zero attached hydrogens (tertiary/aromatic N) is 1. The van der Waals surface area contributed by atoms with Gasteiger partial charge in [-0.1, -0.05) is 43.7 Å². The summed E-state index contributed by atoms with van der Waals surface area (Å²) in [6.07, 6.45) is 2.51. The largest absolute Gasteiger partial charge is 0.444 e. The van der Waals surface area contributed by atoms with Gasteiger partial charge in [-0.15, -0.1) is 0 Å². The maximum atomic E-state index is 12.4. The third-order valence-electron chi connectivity index (χ3n) is 3.34. The molecule has 0 saturated carbocycles. The van der Waals surface area contributed by atoms with Crippen molar-refractivity contribution in [2.45, 2.75) is 65.5 Å². The van der Waals surface area contributed by atoms with Gasteiger partial charge in [0.25, 0.3) is 0 Å². The number of amides is 1. The highest BCUT2D eigenvalue weighted by Gasteiger charge is 2.22. The number of hydrogen-bond acceptors (Lipinski definition) is 3. The lowest BCUT2D eigenvalue weighted by molar-refractivity contribution is -0.119. The fourth-order valence-electron chi connectivity index (χ4n) is 2.12. The molecule has 0 spiro atoms. The molecule has 0 aromatic heterocycles. The first-order chi connectivity index (χ1) is 10.8. The summed E-state index contributed by atoms with van der Waals surface area (Å²) in [5.74, 6) is 0.202. The van der Waals surface area contributed by atoms with Gasteiger partial charge in [0, 0.05) is 25.9 Å². The number of ketones is 1. The van der Waals surface area contributed by atoms with E-state index in [9.17, 15) is 9.59 Å². The molecule has 0 saturated heterocycles. The standard InChI is InChI=1S/C19H29NO3/c1-5-6-12-17(21)13-14-20(18(22)23-19(2,3)4)15-16-10-8-7-9-11-16/h7-11H,5-6,12-15H2,1-4H3. The highest BCUT2D eigenvalue weighted by molar-refractivity contribution is 5.79. The third-order valence-corrected chi connectivity index (χ3v) is 3.34. The highest BCUT2D eigenvalue weighted by Crippen LogP contribution is 2.13. The van der Waals surface area contributed by atoms with Crippen LogP contribution in [0.3, 0.4) is 0 Å². The van der Waals surface area contributed by atoms with Gasteiger partial charge < -0.3 is 9.64 Å². The van der Waals surface area contributed by atoms with E-state index in [1.807, 2.05) is 51.1 Å². The van der Waals surface area contributed by atoms with Crippen molar-refractivity contribution < 1.29 is 14.3 Å². The molecule has 0 unspecified atom stereocenters. The van der Waals surface area contributed by atoms with Crippen LogP contribution in [0.5, 0.6) is 0 Å². The lowest BCUT2D eigenvalue weighted by Gasteiger charge is -2.27. The van der Waals surface area contributed by atoms with Crippen LogP contribution < -0.4 is 0 Å². The molecule has 0 bridgehead atoms. The summed E-state index contributed by atoms with van der Waals surface area (Å²) in [7, 11) is 0. The van der Waals surface area contributed by atoms with Crippen molar-refractivity contribution in [2.24, 2.45) is 0 Å². The van der Waals surface area contributed by atoms with E-state index in [1.54, 1.807) is 4.90 Å². The first-order valence-corrected chi connectivity index (χ1v) is 8.35. The topological polar surface area (TPSA) is 46.6 Å². The van der Waals surface area contributed by atoms with E-state index in [1.165, 1.54) is 0 Å². The van der Waals surface area contributed by atoms with Gasteiger partial charge in [0.05, 0.1) is 0 Å². The summed E-state index contributed by atoms with van der Waals surface area (Å²) in [6, 6.07) is 9.76. The first-order valence-electron chi connectivity index (χ1n) is 8.35. The molecule has 4 nitrogen and oxygen atoms in total. The number of carbonyl (C=O) groups excluding carboxylic acids is 2. The van der Waals surface area contributed by atoms with Crippen molar-refractivity contribution in [3.05, 3.63) is 35.9 Å². The monoisotopic (exact) mass is 319 g/mol. The molecular weight excluding hydrogens is 290 g/mol. The molecule has 0 N–H and O–H groups in total. The Balaban J connectivity index is 2.68.